The van der Waals surface area contributed by atoms with E-state index in [1.165, 1.54) is 5.56 Å². The smallest absolute Gasteiger partial charge is 0.237 e. The number of benzene rings is 1. The van der Waals surface area contributed by atoms with Crippen LogP contribution in [0.1, 0.15) is 17.2 Å². The van der Waals surface area contributed by atoms with Gasteiger partial charge < -0.3 is 5.32 Å². The van der Waals surface area contributed by atoms with E-state index >= 15 is 0 Å². The fourth-order valence-electron chi connectivity index (χ4n) is 3.48. The van der Waals surface area contributed by atoms with Gasteiger partial charge in [0, 0.05) is 33.1 Å². The summed E-state index contributed by atoms with van der Waals surface area (Å²) in [5.74, 6) is 1.48. The molecule has 8 nitrogen and oxygen atoms in total. The van der Waals surface area contributed by atoms with Crippen molar-refractivity contribution in [2.75, 3.05) is 13.1 Å². The molecule has 1 aromatic carbocycles. The lowest BCUT2D eigenvalue weighted by Crippen LogP contribution is -2.55. The van der Waals surface area contributed by atoms with Crippen molar-refractivity contribution in [2.45, 2.75) is 25.9 Å². The Morgan fingerprint density at radius 2 is 2.07 bits per heavy atom. The number of carbonyl (C=O) groups excluding carboxylic acids is 1. The SMILES string of the molecule is Cc1nc(CC2C(=O)NCCN2Cc2ccccc2)n(-c2cnn(C)c2)n1. The second-order valence-corrected chi connectivity index (χ2v) is 6.83. The standard InChI is InChI=1S/C19H23N7O/c1-14-22-18(26(23-14)16-11-21-24(2)13-16)10-17-19(27)20-8-9-25(17)12-15-6-4-3-5-7-15/h3-7,11,13,17H,8-10,12H2,1-2H3,(H,20,27). The van der Waals surface area contributed by atoms with E-state index in [1.807, 2.05) is 38.4 Å². The molecule has 0 radical (unpaired) electrons. The summed E-state index contributed by atoms with van der Waals surface area (Å²) in [6, 6.07) is 9.95. The maximum absolute atomic E-state index is 12.6. The van der Waals surface area contributed by atoms with Crippen molar-refractivity contribution in [3.8, 4) is 5.69 Å². The molecule has 1 fully saturated rings. The highest BCUT2D eigenvalue weighted by Gasteiger charge is 2.31. The number of piperazine rings is 1. The molecule has 0 aliphatic carbocycles. The Hall–Kier alpha value is -3.00. The molecule has 1 aliphatic heterocycles. The van der Waals surface area contributed by atoms with Crippen molar-refractivity contribution in [3.05, 3.63) is 59.9 Å². The van der Waals surface area contributed by atoms with Gasteiger partial charge in [-0.25, -0.2) is 9.67 Å². The van der Waals surface area contributed by atoms with Gasteiger partial charge in [0.25, 0.3) is 0 Å². The first kappa shape index (κ1) is 17.4. The van der Waals surface area contributed by atoms with Gasteiger partial charge in [0.05, 0.1) is 18.4 Å². The molecule has 1 N–H and O–H groups in total. The zero-order valence-electron chi connectivity index (χ0n) is 15.5. The third-order valence-electron chi connectivity index (χ3n) is 4.76. The van der Waals surface area contributed by atoms with Crippen molar-refractivity contribution in [1.82, 2.24) is 34.8 Å². The van der Waals surface area contributed by atoms with Crippen LogP contribution in [-0.4, -0.2) is 54.5 Å². The molecule has 3 heterocycles. The Kier molecular flexibility index (Phi) is 4.72. The van der Waals surface area contributed by atoms with Gasteiger partial charge in [0.1, 0.15) is 17.3 Å². The van der Waals surface area contributed by atoms with E-state index in [0.29, 0.717) is 18.8 Å². The lowest BCUT2D eigenvalue weighted by atomic mass is 10.1. The Morgan fingerprint density at radius 1 is 1.26 bits per heavy atom. The molecule has 4 rings (SSSR count). The number of aryl methyl sites for hydroxylation is 2. The maximum atomic E-state index is 12.6. The second kappa shape index (κ2) is 7.32. The number of rotatable bonds is 5. The Labute approximate surface area is 157 Å². The average Bonchev–Trinajstić information content (AvgIpc) is 3.24. The van der Waals surface area contributed by atoms with Gasteiger partial charge in [-0.15, -0.1) is 0 Å². The van der Waals surface area contributed by atoms with E-state index in [1.54, 1.807) is 15.6 Å². The molecule has 2 aromatic heterocycles. The van der Waals surface area contributed by atoms with Crippen LogP contribution in [0.4, 0.5) is 0 Å². The fraction of sp³-hybridized carbons (Fsp3) is 0.368. The van der Waals surface area contributed by atoms with Crippen molar-refractivity contribution >= 4 is 5.91 Å². The summed E-state index contributed by atoms with van der Waals surface area (Å²) >= 11 is 0. The molecule has 27 heavy (non-hydrogen) atoms. The number of carbonyl (C=O) groups is 1. The van der Waals surface area contributed by atoms with Crippen LogP contribution in [0.2, 0.25) is 0 Å². The number of amides is 1. The van der Waals surface area contributed by atoms with Crippen molar-refractivity contribution < 1.29 is 4.79 Å². The third-order valence-corrected chi connectivity index (χ3v) is 4.76. The lowest BCUT2D eigenvalue weighted by molar-refractivity contribution is -0.129. The summed E-state index contributed by atoms with van der Waals surface area (Å²) in [5, 5.41) is 11.7. The summed E-state index contributed by atoms with van der Waals surface area (Å²) < 4.78 is 3.51. The highest BCUT2D eigenvalue weighted by Crippen LogP contribution is 2.17. The van der Waals surface area contributed by atoms with Crippen LogP contribution in [0, 0.1) is 6.92 Å². The number of aromatic nitrogens is 5. The molecular weight excluding hydrogens is 342 g/mol. The number of hydrogen-bond donors (Lipinski definition) is 1. The van der Waals surface area contributed by atoms with E-state index < -0.39 is 0 Å². The Balaban J connectivity index is 1.60. The zero-order chi connectivity index (χ0) is 18.8. The molecule has 0 spiro atoms. The minimum absolute atomic E-state index is 0.0376. The first-order valence-corrected chi connectivity index (χ1v) is 9.07. The van der Waals surface area contributed by atoms with E-state index in [0.717, 1.165) is 24.6 Å². The topological polar surface area (TPSA) is 80.9 Å². The predicted octanol–water partition coefficient (Wildman–Crippen LogP) is 0.852. The summed E-state index contributed by atoms with van der Waals surface area (Å²) in [7, 11) is 1.86. The van der Waals surface area contributed by atoms with Crippen LogP contribution < -0.4 is 5.32 Å². The quantitative estimate of drug-likeness (QED) is 0.725. The first-order chi connectivity index (χ1) is 13.1. The maximum Gasteiger partial charge on any atom is 0.237 e. The van der Waals surface area contributed by atoms with Gasteiger partial charge in [-0.05, 0) is 12.5 Å². The molecule has 1 saturated heterocycles. The third kappa shape index (κ3) is 3.75. The van der Waals surface area contributed by atoms with Crippen LogP contribution in [0.3, 0.4) is 0 Å². The molecule has 0 saturated carbocycles. The summed E-state index contributed by atoms with van der Waals surface area (Å²) in [4.78, 5) is 19.4. The van der Waals surface area contributed by atoms with Crippen LogP contribution >= 0.6 is 0 Å². The van der Waals surface area contributed by atoms with Gasteiger partial charge in [0.15, 0.2) is 0 Å². The van der Waals surface area contributed by atoms with Gasteiger partial charge in [-0.3, -0.25) is 14.4 Å². The van der Waals surface area contributed by atoms with Gasteiger partial charge >= 0.3 is 0 Å². The first-order valence-electron chi connectivity index (χ1n) is 9.07. The largest absolute Gasteiger partial charge is 0.353 e. The molecule has 0 bridgehead atoms. The summed E-state index contributed by atoms with van der Waals surface area (Å²) in [6.07, 6.45) is 4.13. The Bertz CT molecular complexity index is 931. The van der Waals surface area contributed by atoms with E-state index in [2.05, 4.69) is 37.5 Å². The van der Waals surface area contributed by atoms with Crippen LogP contribution in [0.15, 0.2) is 42.7 Å². The predicted molar refractivity (Wildman–Crippen MR) is 100 cm³/mol. The highest BCUT2D eigenvalue weighted by atomic mass is 16.2. The molecule has 1 aliphatic rings. The number of hydrogen-bond acceptors (Lipinski definition) is 5. The minimum Gasteiger partial charge on any atom is -0.353 e. The van der Waals surface area contributed by atoms with E-state index in [9.17, 15) is 4.79 Å². The summed E-state index contributed by atoms with van der Waals surface area (Å²) in [6.45, 7) is 4.07. The van der Waals surface area contributed by atoms with Crippen molar-refractivity contribution in [2.24, 2.45) is 7.05 Å². The van der Waals surface area contributed by atoms with E-state index in [-0.39, 0.29) is 11.9 Å². The fourth-order valence-corrected chi connectivity index (χ4v) is 3.48. The normalized spacial score (nSPS) is 17.9. The van der Waals surface area contributed by atoms with Crippen molar-refractivity contribution in [3.63, 3.8) is 0 Å². The number of nitrogens with one attached hydrogen (secondary N) is 1. The second-order valence-electron chi connectivity index (χ2n) is 6.83. The molecule has 140 valence electrons. The molecule has 1 atom stereocenters. The van der Waals surface area contributed by atoms with Crippen LogP contribution in [0.25, 0.3) is 5.69 Å². The summed E-state index contributed by atoms with van der Waals surface area (Å²) in [5.41, 5.74) is 2.04. The molecule has 1 amide bonds. The van der Waals surface area contributed by atoms with Crippen LogP contribution in [0.5, 0.6) is 0 Å². The van der Waals surface area contributed by atoms with Crippen LogP contribution in [-0.2, 0) is 24.8 Å². The van der Waals surface area contributed by atoms with Gasteiger partial charge in [-0.1, -0.05) is 30.3 Å². The number of nitrogens with zero attached hydrogens (tertiary/aromatic N) is 6. The Morgan fingerprint density at radius 3 is 2.81 bits per heavy atom. The molecule has 8 heteroatoms. The van der Waals surface area contributed by atoms with Gasteiger partial charge in [-0.2, -0.15) is 10.2 Å². The van der Waals surface area contributed by atoms with Crippen molar-refractivity contribution in [1.29, 1.82) is 0 Å². The monoisotopic (exact) mass is 365 g/mol. The molecule has 1 unspecified atom stereocenters. The minimum atomic E-state index is -0.280. The average molecular weight is 365 g/mol. The highest BCUT2D eigenvalue weighted by molar-refractivity contribution is 5.82. The molecule has 3 aromatic rings. The van der Waals surface area contributed by atoms with Gasteiger partial charge in [0.2, 0.25) is 5.91 Å². The zero-order valence-corrected chi connectivity index (χ0v) is 15.5. The lowest BCUT2D eigenvalue weighted by Gasteiger charge is -2.34. The van der Waals surface area contributed by atoms with E-state index in [4.69, 9.17) is 0 Å². The molecular formula is C19H23N7O.